The first-order valence-corrected chi connectivity index (χ1v) is 11.1. The highest BCUT2D eigenvalue weighted by atomic mass is 32.2. The molecule has 0 spiro atoms. The van der Waals surface area contributed by atoms with E-state index in [0.717, 1.165) is 30.8 Å². The van der Waals surface area contributed by atoms with E-state index in [-0.39, 0.29) is 30.6 Å². The van der Waals surface area contributed by atoms with Gasteiger partial charge in [-0.15, -0.1) is 0 Å². The van der Waals surface area contributed by atoms with Gasteiger partial charge in [0.25, 0.3) is 0 Å². The molecule has 0 fully saturated rings. The lowest BCUT2D eigenvalue weighted by atomic mass is 10.1. The molecule has 0 radical (unpaired) electrons. The van der Waals surface area contributed by atoms with E-state index in [1.165, 1.54) is 11.6 Å². The van der Waals surface area contributed by atoms with Crippen LogP contribution in [0.15, 0.2) is 60.6 Å². The molecule has 0 aliphatic rings. The Morgan fingerprint density at radius 3 is 2.65 bits per heavy atom. The average Bonchev–Trinajstić information content (AvgIpc) is 2.72. The first-order valence-electron chi connectivity index (χ1n) is 10.9. The summed E-state index contributed by atoms with van der Waals surface area (Å²) in [6.45, 7) is 0. The maximum Gasteiger partial charge on any atom is 0.303 e. The molecule has 0 bridgehead atoms. The molecular weight excluding hydrogens is 360 g/mol. The van der Waals surface area contributed by atoms with E-state index in [2.05, 4.69) is 12.1 Å². The number of thioether (sulfide) groups is 2. The Bertz CT molecular complexity index is 819. The third kappa shape index (κ3) is 9.35. The minimum Gasteiger partial charge on any atom is -0.481 e. The van der Waals surface area contributed by atoms with Gasteiger partial charge in [0.05, 0.1) is 5.48 Å². The van der Waals surface area contributed by atoms with Crippen LogP contribution in [0.25, 0.3) is 0 Å². The van der Waals surface area contributed by atoms with E-state index in [4.69, 9.17) is 10.6 Å². The standard InChI is InChI=1S/C22H28O2S2/c23-22(24)14-8-7-13-21(26-18-20-11-5-2-6-12-20)15-16-25-17-19-9-3-1-4-10-19/h1-6,9-12,21H,7-8,13-18H2,(H,23,24)/i1D,3D,9D,10D. The molecule has 0 aliphatic carbocycles. The minimum atomic E-state index is -0.746. The van der Waals surface area contributed by atoms with Crippen LogP contribution in [0.5, 0.6) is 0 Å². The van der Waals surface area contributed by atoms with Crippen molar-refractivity contribution in [2.24, 2.45) is 0 Å². The van der Waals surface area contributed by atoms with E-state index in [0.29, 0.717) is 23.0 Å². The number of hydrogen-bond acceptors (Lipinski definition) is 3. The van der Waals surface area contributed by atoms with Crippen LogP contribution in [-0.2, 0) is 16.3 Å². The Hall–Kier alpha value is -1.39. The number of hydrogen-bond donors (Lipinski definition) is 1. The van der Waals surface area contributed by atoms with E-state index in [9.17, 15) is 4.79 Å². The third-order valence-corrected chi connectivity index (χ3v) is 6.39. The van der Waals surface area contributed by atoms with Crippen LogP contribution >= 0.6 is 23.5 Å². The maximum atomic E-state index is 10.7. The van der Waals surface area contributed by atoms with E-state index in [1.807, 2.05) is 30.0 Å². The van der Waals surface area contributed by atoms with Crippen LogP contribution in [0.4, 0.5) is 0 Å². The molecule has 140 valence electrons. The molecule has 2 aromatic carbocycles. The summed E-state index contributed by atoms with van der Waals surface area (Å²) in [7, 11) is 0. The van der Waals surface area contributed by atoms with Crippen LogP contribution in [0, 0.1) is 0 Å². The van der Waals surface area contributed by atoms with E-state index < -0.39 is 5.97 Å². The number of rotatable bonds is 13. The quantitative estimate of drug-likeness (QED) is 0.408. The van der Waals surface area contributed by atoms with Crippen molar-refractivity contribution in [3.63, 3.8) is 0 Å². The highest BCUT2D eigenvalue weighted by Crippen LogP contribution is 2.27. The molecule has 2 rings (SSSR count). The average molecular weight is 393 g/mol. The van der Waals surface area contributed by atoms with Gasteiger partial charge in [-0.2, -0.15) is 23.5 Å². The zero-order valence-corrected chi connectivity index (χ0v) is 16.5. The van der Waals surface area contributed by atoms with Gasteiger partial charge in [0.1, 0.15) is 0 Å². The number of unbranched alkanes of at least 4 members (excludes halogenated alkanes) is 1. The monoisotopic (exact) mass is 392 g/mol. The summed E-state index contributed by atoms with van der Waals surface area (Å²) >= 11 is 3.55. The highest BCUT2D eigenvalue weighted by molar-refractivity contribution is 7.99. The normalized spacial score (nSPS) is 14.2. The van der Waals surface area contributed by atoms with Crippen molar-refractivity contribution in [3.05, 3.63) is 71.7 Å². The van der Waals surface area contributed by atoms with Crippen molar-refractivity contribution in [3.8, 4) is 0 Å². The number of aliphatic carboxylic acids is 1. The van der Waals surface area contributed by atoms with E-state index in [1.54, 1.807) is 11.8 Å². The summed E-state index contributed by atoms with van der Waals surface area (Å²) in [6, 6.07) is 11.6. The van der Waals surface area contributed by atoms with Gasteiger partial charge in [-0.05, 0) is 36.1 Å². The van der Waals surface area contributed by atoms with Gasteiger partial charge in [-0.25, -0.2) is 0 Å². The predicted molar refractivity (Wildman–Crippen MR) is 115 cm³/mol. The zero-order valence-electron chi connectivity index (χ0n) is 18.9. The number of benzene rings is 2. The van der Waals surface area contributed by atoms with Crippen molar-refractivity contribution in [1.29, 1.82) is 0 Å². The molecule has 26 heavy (non-hydrogen) atoms. The smallest absolute Gasteiger partial charge is 0.303 e. The molecule has 0 aliphatic heterocycles. The summed E-state index contributed by atoms with van der Waals surface area (Å²) < 4.78 is 31.4. The second kappa shape index (κ2) is 12.9. The number of carboxylic acid groups (broad SMARTS) is 1. The van der Waals surface area contributed by atoms with Gasteiger partial charge >= 0.3 is 5.97 Å². The van der Waals surface area contributed by atoms with Crippen LogP contribution < -0.4 is 0 Å². The second-order valence-electron chi connectivity index (χ2n) is 6.06. The summed E-state index contributed by atoms with van der Waals surface area (Å²) in [5.41, 5.74) is 1.80. The van der Waals surface area contributed by atoms with Crippen molar-refractivity contribution in [2.75, 3.05) is 5.75 Å². The molecular formula is C22H28O2S2. The molecule has 1 unspecified atom stereocenters. The van der Waals surface area contributed by atoms with Gasteiger partial charge in [0.2, 0.25) is 0 Å². The minimum absolute atomic E-state index is 0.0105. The van der Waals surface area contributed by atoms with Crippen molar-refractivity contribution >= 4 is 29.5 Å². The summed E-state index contributed by atoms with van der Waals surface area (Å²) in [6.07, 6.45) is 3.75. The Balaban J connectivity index is 1.85. The molecule has 0 aromatic heterocycles. The lowest BCUT2D eigenvalue weighted by Gasteiger charge is -2.16. The van der Waals surface area contributed by atoms with Gasteiger partial charge in [-0.1, -0.05) is 67.0 Å². The number of carbonyl (C=O) groups is 1. The molecule has 0 heterocycles. The SMILES string of the molecule is [2H]c1cc([2H])c(CSCCC(CCCCC(=O)O)SCc2ccccc2)c([2H])c1[2H]. The fourth-order valence-corrected chi connectivity index (χ4v) is 4.86. The summed E-state index contributed by atoms with van der Waals surface area (Å²) in [5.74, 6) is 1.55. The molecule has 2 nitrogen and oxygen atoms in total. The Morgan fingerprint density at radius 2 is 1.85 bits per heavy atom. The first-order chi connectivity index (χ1) is 14.4. The molecule has 1 atom stereocenters. The van der Waals surface area contributed by atoms with Crippen molar-refractivity contribution < 1.29 is 15.4 Å². The molecule has 1 N–H and O–H groups in total. The lowest BCUT2D eigenvalue weighted by Crippen LogP contribution is -2.06. The Labute approximate surface area is 171 Å². The summed E-state index contributed by atoms with van der Waals surface area (Å²) in [4.78, 5) is 10.7. The summed E-state index contributed by atoms with van der Waals surface area (Å²) in [5, 5.41) is 9.26. The fourth-order valence-electron chi connectivity index (χ4n) is 2.52. The third-order valence-electron chi connectivity index (χ3n) is 3.93. The van der Waals surface area contributed by atoms with Crippen molar-refractivity contribution in [1.82, 2.24) is 0 Å². The van der Waals surface area contributed by atoms with Crippen LogP contribution in [-0.4, -0.2) is 22.1 Å². The lowest BCUT2D eigenvalue weighted by molar-refractivity contribution is -0.137. The molecule has 0 saturated heterocycles. The molecule has 0 saturated carbocycles. The predicted octanol–water partition coefficient (Wildman–Crippen LogP) is 6.26. The maximum absolute atomic E-state index is 10.7. The topological polar surface area (TPSA) is 37.3 Å². The second-order valence-corrected chi connectivity index (χ2v) is 8.45. The van der Waals surface area contributed by atoms with Gasteiger partial charge < -0.3 is 5.11 Å². The number of carboxylic acids is 1. The fraction of sp³-hybridized carbons (Fsp3) is 0.409. The van der Waals surface area contributed by atoms with Crippen LogP contribution in [0.3, 0.4) is 0 Å². The van der Waals surface area contributed by atoms with Crippen LogP contribution in [0.2, 0.25) is 0 Å². The van der Waals surface area contributed by atoms with Gasteiger partial charge in [-0.3, -0.25) is 4.79 Å². The van der Waals surface area contributed by atoms with E-state index >= 15 is 0 Å². The first kappa shape index (κ1) is 15.6. The van der Waals surface area contributed by atoms with Crippen LogP contribution in [0.1, 0.15) is 48.7 Å². The highest BCUT2D eigenvalue weighted by Gasteiger charge is 2.10. The molecule has 2 aromatic rings. The Morgan fingerprint density at radius 1 is 1.00 bits per heavy atom. The van der Waals surface area contributed by atoms with Crippen molar-refractivity contribution in [2.45, 2.75) is 48.9 Å². The molecule has 0 amide bonds. The van der Waals surface area contributed by atoms with Gasteiger partial charge in [0.15, 0.2) is 0 Å². The largest absolute Gasteiger partial charge is 0.481 e. The molecule has 4 heteroatoms. The van der Waals surface area contributed by atoms with Gasteiger partial charge in [0, 0.05) is 23.2 Å². The Kier molecular flexibility index (Phi) is 7.75. The zero-order chi connectivity index (χ0) is 21.9.